The van der Waals surface area contributed by atoms with Crippen molar-refractivity contribution >= 4 is 38.5 Å². The maximum absolute atomic E-state index is 11.8. The van der Waals surface area contributed by atoms with E-state index in [-0.39, 0.29) is 6.01 Å². The summed E-state index contributed by atoms with van der Waals surface area (Å²) in [7, 11) is 0. The molecule has 0 amide bonds. The van der Waals surface area contributed by atoms with E-state index in [2.05, 4.69) is 26.2 Å². The summed E-state index contributed by atoms with van der Waals surface area (Å²) in [5.74, 6) is 0. The SMILES string of the molecule is O=c1oc(Nc2ccccc2Br)nc2ccccc12. The first-order chi connectivity index (χ1) is 9.24. The van der Waals surface area contributed by atoms with Gasteiger partial charge in [0.05, 0.1) is 16.6 Å². The van der Waals surface area contributed by atoms with E-state index in [0.717, 1.165) is 10.2 Å². The van der Waals surface area contributed by atoms with Crippen LogP contribution >= 0.6 is 15.9 Å². The first-order valence-corrected chi connectivity index (χ1v) is 6.45. The molecule has 0 spiro atoms. The van der Waals surface area contributed by atoms with Gasteiger partial charge in [-0.1, -0.05) is 24.3 Å². The smallest absolute Gasteiger partial charge is 0.348 e. The molecule has 1 N–H and O–H groups in total. The molecule has 3 rings (SSSR count). The first kappa shape index (κ1) is 11.9. The van der Waals surface area contributed by atoms with Crippen molar-refractivity contribution in [2.45, 2.75) is 0 Å². The highest BCUT2D eigenvalue weighted by molar-refractivity contribution is 9.10. The lowest BCUT2D eigenvalue weighted by atomic mass is 10.2. The van der Waals surface area contributed by atoms with E-state index in [4.69, 9.17) is 4.42 Å². The van der Waals surface area contributed by atoms with Crippen LogP contribution in [0.15, 0.2) is 62.2 Å². The van der Waals surface area contributed by atoms with Crippen LogP contribution in [0.1, 0.15) is 0 Å². The molecule has 3 aromatic rings. The van der Waals surface area contributed by atoms with E-state index in [1.54, 1.807) is 18.2 Å². The summed E-state index contributed by atoms with van der Waals surface area (Å²) in [4.78, 5) is 16.1. The van der Waals surface area contributed by atoms with E-state index in [1.165, 1.54) is 0 Å². The lowest BCUT2D eigenvalue weighted by molar-refractivity contribution is 0.522. The minimum absolute atomic E-state index is 0.176. The number of nitrogens with zero attached hydrogens (tertiary/aromatic N) is 1. The van der Waals surface area contributed by atoms with Crippen molar-refractivity contribution in [3.8, 4) is 0 Å². The Hall–Kier alpha value is -2.14. The molecule has 0 aliphatic carbocycles. The minimum atomic E-state index is -0.403. The summed E-state index contributed by atoms with van der Waals surface area (Å²) in [6.07, 6.45) is 0. The van der Waals surface area contributed by atoms with Gasteiger partial charge >= 0.3 is 11.6 Å². The number of aromatic nitrogens is 1. The molecule has 0 bridgehead atoms. The molecule has 0 saturated carbocycles. The Labute approximate surface area is 117 Å². The molecule has 0 aliphatic rings. The van der Waals surface area contributed by atoms with E-state index in [0.29, 0.717) is 10.9 Å². The fraction of sp³-hybridized carbons (Fsp3) is 0. The van der Waals surface area contributed by atoms with E-state index < -0.39 is 5.63 Å². The highest BCUT2D eigenvalue weighted by Gasteiger charge is 2.07. The number of fused-ring (bicyclic) bond motifs is 1. The second-order valence-electron chi connectivity index (χ2n) is 3.93. The molecule has 1 aromatic heterocycles. The van der Waals surface area contributed by atoms with Crippen LogP contribution in [0.2, 0.25) is 0 Å². The molecule has 0 aliphatic heterocycles. The van der Waals surface area contributed by atoms with Crippen molar-refractivity contribution in [3.63, 3.8) is 0 Å². The molecule has 94 valence electrons. The Morgan fingerprint density at radius 3 is 2.63 bits per heavy atom. The maximum atomic E-state index is 11.8. The molecule has 0 radical (unpaired) electrons. The number of nitrogens with one attached hydrogen (secondary N) is 1. The lowest BCUT2D eigenvalue weighted by Gasteiger charge is -2.06. The fourth-order valence-electron chi connectivity index (χ4n) is 1.75. The first-order valence-electron chi connectivity index (χ1n) is 5.65. The average Bonchev–Trinajstić information content (AvgIpc) is 2.42. The van der Waals surface area contributed by atoms with Gasteiger partial charge in [-0.15, -0.1) is 0 Å². The van der Waals surface area contributed by atoms with Gasteiger partial charge in [-0.2, -0.15) is 4.98 Å². The predicted molar refractivity (Wildman–Crippen MR) is 77.7 cm³/mol. The number of anilines is 2. The van der Waals surface area contributed by atoms with Gasteiger partial charge in [-0.05, 0) is 40.2 Å². The van der Waals surface area contributed by atoms with Crippen molar-refractivity contribution < 1.29 is 4.42 Å². The molecule has 19 heavy (non-hydrogen) atoms. The minimum Gasteiger partial charge on any atom is -0.388 e. The van der Waals surface area contributed by atoms with Gasteiger partial charge in [-0.3, -0.25) is 0 Å². The van der Waals surface area contributed by atoms with E-state index in [1.807, 2.05) is 30.3 Å². The number of hydrogen-bond donors (Lipinski definition) is 1. The third kappa shape index (κ3) is 2.37. The fourth-order valence-corrected chi connectivity index (χ4v) is 2.13. The van der Waals surface area contributed by atoms with Crippen LogP contribution < -0.4 is 10.9 Å². The normalized spacial score (nSPS) is 10.6. The second-order valence-corrected chi connectivity index (χ2v) is 4.78. The Bertz CT molecular complexity index is 799. The lowest BCUT2D eigenvalue weighted by Crippen LogP contribution is -2.05. The Morgan fingerprint density at radius 2 is 1.79 bits per heavy atom. The van der Waals surface area contributed by atoms with Crippen LogP contribution in [0.4, 0.5) is 11.7 Å². The summed E-state index contributed by atoms with van der Waals surface area (Å²) >= 11 is 3.41. The van der Waals surface area contributed by atoms with Crippen LogP contribution in [-0.2, 0) is 0 Å². The highest BCUT2D eigenvalue weighted by Crippen LogP contribution is 2.24. The molecular formula is C14H9BrN2O2. The van der Waals surface area contributed by atoms with Crippen molar-refractivity contribution in [3.05, 3.63) is 63.4 Å². The van der Waals surface area contributed by atoms with Gasteiger partial charge < -0.3 is 9.73 Å². The van der Waals surface area contributed by atoms with Gasteiger partial charge in [0, 0.05) is 4.47 Å². The molecule has 2 aromatic carbocycles. The summed E-state index contributed by atoms with van der Waals surface area (Å²) in [5.41, 5.74) is 0.988. The molecule has 0 saturated heterocycles. The van der Waals surface area contributed by atoms with Crippen molar-refractivity contribution in [1.82, 2.24) is 4.98 Å². The molecule has 4 nitrogen and oxygen atoms in total. The highest BCUT2D eigenvalue weighted by atomic mass is 79.9. The monoisotopic (exact) mass is 316 g/mol. The number of halogens is 1. The van der Waals surface area contributed by atoms with Crippen molar-refractivity contribution in [1.29, 1.82) is 0 Å². The predicted octanol–water partition coefficient (Wildman–Crippen LogP) is 3.69. The third-order valence-electron chi connectivity index (χ3n) is 2.65. The second kappa shape index (κ2) is 4.85. The van der Waals surface area contributed by atoms with Crippen LogP contribution in [-0.4, -0.2) is 4.98 Å². The number of rotatable bonds is 2. The number of para-hydroxylation sites is 2. The van der Waals surface area contributed by atoms with Crippen LogP contribution in [0.5, 0.6) is 0 Å². The Kier molecular flexibility index (Phi) is 3.05. The zero-order chi connectivity index (χ0) is 13.2. The topological polar surface area (TPSA) is 55.1 Å². The summed E-state index contributed by atoms with van der Waals surface area (Å²) in [6.45, 7) is 0. The molecule has 0 unspecified atom stereocenters. The summed E-state index contributed by atoms with van der Waals surface area (Å²) in [6, 6.07) is 14.8. The number of hydrogen-bond acceptors (Lipinski definition) is 4. The third-order valence-corrected chi connectivity index (χ3v) is 3.34. The Morgan fingerprint density at radius 1 is 1.05 bits per heavy atom. The summed E-state index contributed by atoms with van der Waals surface area (Å²) in [5, 5.41) is 3.45. The zero-order valence-corrected chi connectivity index (χ0v) is 11.3. The molecule has 1 heterocycles. The van der Waals surface area contributed by atoms with Crippen molar-refractivity contribution in [2.24, 2.45) is 0 Å². The van der Waals surface area contributed by atoms with Gasteiger partial charge in [0.15, 0.2) is 0 Å². The van der Waals surface area contributed by atoms with Crippen LogP contribution in [0, 0.1) is 0 Å². The van der Waals surface area contributed by atoms with Gasteiger partial charge in [0.2, 0.25) is 0 Å². The van der Waals surface area contributed by atoms with E-state index >= 15 is 0 Å². The van der Waals surface area contributed by atoms with Gasteiger partial charge in [0.1, 0.15) is 0 Å². The zero-order valence-electron chi connectivity index (χ0n) is 9.76. The largest absolute Gasteiger partial charge is 0.388 e. The standard InChI is InChI=1S/C14H9BrN2O2/c15-10-6-2-4-8-12(10)17-14-16-11-7-3-1-5-9(11)13(18)19-14/h1-8H,(H,16,17). The molecule has 5 heteroatoms. The molecule has 0 atom stereocenters. The van der Waals surface area contributed by atoms with Crippen molar-refractivity contribution in [2.75, 3.05) is 5.32 Å². The Balaban J connectivity index is 2.07. The van der Waals surface area contributed by atoms with E-state index in [9.17, 15) is 4.79 Å². The van der Waals surface area contributed by atoms with Gasteiger partial charge in [0.25, 0.3) is 0 Å². The maximum Gasteiger partial charge on any atom is 0.348 e. The molecular weight excluding hydrogens is 308 g/mol. The van der Waals surface area contributed by atoms with Crippen LogP contribution in [0.3, 0.4) is 0 Å². The molecule has 0 fully saturated rings. The van der Waals surface area contributed by atoms with Gasteiger partial charge in [-0.25, -0.2) is 4.79 Å². The average molecular weight is 317 g/mol. The number of benzene rings is 2. The summed E-state index contributed by atoms with van der Waals surface area (Å²) < 4.78 is 6.02. The van der Waals surface area contributed by atoms with Crippen LogP contribution in [0.25, 0.3) is 10.9 Å². The quantitative estimate of drug-likeness (QED) is 0.783.